The first-order valence-corrected chi connectivity index (χ1v) is 10.2. The van der Waals surface area contributed by atoms with Gasteiger partial charge in [0.1, 0.15) is 5.75 Å². The molecule has 0 radical (unpaired) electrons. The van der Waals surface area contributed by atoms with Gasteiger partial charge in [-0.3, -0.25) is 14.4 Å². The number of rotatable bonds is 3. The number of carbonyl (C=O) groups excluding carboxylic acids is 3. The number of carbonyl (C=O) groups is 3. The largest absolute Gasteiger partial charge is 0.477 e. The molecule has 8 heteroatoms. The molecule has 7 nitrogen and oxygen atoms in total. The molecule has 2 atom stereocenters. The topological polar surface area (TPSA) is 92.9 Å². The fraction of sp³-hybridized carbons (Fsp3) is 0.318. The number of para-hydroxylation sites is 2. The van der Waals surface area contributed by atoms with Crippen LogP contribution in [0, 0.1) is 5.92 Å². The summed E-state index contributed by atoms with van der Waals surface area (Å²) >= 11 is 5.91. The van der Waals surface area contributed by atoms with Gasteiger partial charge in [0.05, 0.1) is 18.2 Å². The van der Waals surface area contributed by atoms with Crippen LogP contribution < -0.4 is 15.4 Å². The van der Waals surface area contributed by atoms with Gasteiger partial charge in [0.2, 0.25) is 5.91 Å². The van der Waals surface area contributed by atoms with Crippen LogP contribution in [0.15, 0.2) is 48.5 Å². The Bertz CT molecular complexity index is 979. The normalized spacial score (nSPS) is 20.8. The molecule has 1 fully saturated rings. The zero-order valence-electron chi connectivity index (χ0n) is 16.3. The number of piperidine rings is 1. The first-order chi connectivity index (χ1) is 14.4. The molecule has 4 rings (SSSR count). The summed E-state index contributed by atoms with van der Waals surface area (Å²) in [7, 11) is 0. The zero-order chi connectivity index (χ0) is 21.3. The van der Waals surface area contributed by atoms with E-state index in [2.05, 4.69) is 0 Å². The van der Waals surface area contributed by atoms with Crippen LogP contribution in [-0.2, 0) is 9.59 Å². The van der Waals surface area contributed by atoms with Crippen molar-refractivity contribution < 1.29 is 19.1 Å². The van der Waals surface area contributed by atoms with Crippen LogP contribution in [0.5, 0.6) is 5.75 Å². The summed E-state index contributed by atoms with van der Waals surface area (Å²) in [4.78, 5) is 41.3. The van der Waals surface area contributed by atoms with Crippen LogP contribution in [0.3, 0.4) is 0 Å². The number of hydrogen-bond donors (Lipinski definition) is 1. The molecular weight excluding hydrogens is 406 g/mol. The minimum absolute atomic E-state index is 0.0623. The molecule has 0 aromatic heterocycles. The molecule has 0 spiro atoms. The SMILES string of the molecule is NC(=O)[C@H]1CN(C(=O)[C@@H]2CCCN(C(=O)c3ccc(Cl)cc3)C2)c2ccccc2O1. The highest BCUT2D eigenvalue weighted by Crippen LogP contribution is 2.35. The lowest BCUT2D eigenvalue weighted by Gasteiger charge is -2.38. The smallest absolute Gasteiger partial charge is 0.260 e. The molecule has 30 heavy (non-hydrogen) atoms. The third-order valence-corrected chi connectivity index (χ3v) is 5.76. The molecule has 156 valence electrons. The minimum atomic E-state index is -0.903. The number of nitrogens with two attached hydrogens (primary N) is 1. The molecular formula is C22H22ClN3O4. The fourth-order valence-electron chi connectivity index (χ4n) is 3.95. The lowest BCUT2D eigenvalue weighted by Crippen LogP contribution is -2.53. The summed E-state index contributed by atoms with van der Waals surface area (Å²) in [5.74, 6) is -0.793. The number of nitrogens with zero attached hydrogens (tertiary/aromatic N) is 2. The van der Waals surface area contributed by atoms with Crippen molar-refractivity contribution in [1.82, 2.24) is 4.90 Å². The maximum Gasteiger partial charge on any atom is 0.260 e. The van der Waals surface area contributed by atoms with Crippen LogP contribution in [0.2, 0.25) is 5.02 Å². The summed E-state index contributed by atoms with van der Waals surface area (Å²) < 4.78 is 5.64. The van der Waals surface area contributed by atoms with Crippen molar-refractivity contribution in [3.63, 3.8) is 0 Å². The Hall–Kier alpha value is -3.06. The van der Waals surface area contributed by atoms with Crippen molar-refractivity contribution in [1.29, 1.82) is 0 Å². The highest BCUT2D eigenvalue weighted by molar-refractivity contribution is 6.30. The van der Waals surface area contributed by atoms with Crippen LogP contribution in [0.1, 0.15) is 23.2 Å². The number of primary amides is 1. The van der Waals surface area contributed by atoms with Gasteiger partial charge in [-0.15, -0.1) is 0 Å². The van der Waals surface area contributed by atoms with Crippen molar-refractivity contribution in [2.45, 2.75) is 18.9 Å². The average Bonchev–Trinajstić information content (AvgIpc) is 2.78. The van der Waals surface area contributed by atoms with Crippen LogP contribution >= 0.6 is 11.6 Å². The molecule has 2 aromatic carbocycles. The van der Waals surface area contributed by atoms with E-state index in [9.17, 15) is 14.4 Å². The Balaban J connectivity index is 1.53. The van der Waals surface area contributed by atoms with E-state index in [1.54, 1.807) is 52.3 Å². The summed E-state index contributed by atoms with van der Waals surface area (Å²) in [5, 5.41) is 0.563. The molecule has 2 aliphatic rings. The Morgan fingerprint density at radius 2 is 1.77 bits per heavy atom. The number of fused-ring (bicyclic) bond motifs is 1. The molecule has 0 bridgehead atoms. The van der Waals surface area contributed by atoms with E-state index >= 15 is 0 Å². The molecule has 2 aliphatic heterocycles. The van der Waals surface area contributed by atoms with Gasteiger partial charge < -0.3 is 20.3 Å². The molecule has 0 saturated carbocycles. The fourth-order valence-corrected chi connectivity index (χ4v) is 4.08. The summed E-state index contributed by atoms with van der Waals surface area (Å²) in [5.41, 5.74) is 6.59. The van der Waals surface area contributed by atoms with E-state index in [0.717, 1.165) is 6.42 Å². The van der Waals surface area contributed by atoms with Crippen molar-refractivity contribution >= 4 is 35.0 Å². The molecule has 1 saturated heterocycles. The van der Waals surface area contributed by atoms with E-state index in [4.69, 9.17) is 22.1 Å². The van der Waals surface area contributed by atoms with Gasteiger partial charge in [0.15, 0.2) is 6.10 Å². The number of likely N-dealkylation sites (tertiary alicyclic amines) is 1. The number of hydrogen-bond acceptors (Lipinski definition) is 4. The van der Waals surface area contributed by atoms with Crippen molar-refractivity contribution in [3.8, 4) is 5.75 Å². The highest BCUT2D eigenvalue weighted by Gasteiger charge is 2.37. The Morgan fingerprint density at radius 3 is 2.50 bits per heavy atom. The van der Waals surface area contributed by atoms with E-state index in [-0.39, 0.29) is 24.3 Å². The van der Waals surface area contributed by atoms with Crippen molar-refractivity contribution in [2.24, 2.45) is 11.7 Å². The van der Waals surface area contributed by atoms with Crippen molar-refractivity contribution in [2.75, 3.05) is 24.5 Å². The second-order valence-electron chi connectivity index (χ2n) is 7.52. The molecule has 0 aliphatic carbocycles. The Kier molecular flexibility index (Phi) is 5.63. The Morgan fingerprint density at radius 1 is 1.03 bits per heavy atom. The molecule has 2 N–H and O–H groups in total. The maximum atomic E-state index is 13.4. The quantitative estimate of drug-likeness (QED) is 0.814. The molecule has 2 aromatic rings. The van der Waals surface area contributed by atoms with Crippen LogP contribution in [-0.4, -0.2) is 48.4 Å². The number of halogens is 1. The van der Waals surface area contributed by atoms with Gasteiger partial charge in [0, 0.05) is 23.7 Å². The standard InChI is InChI=1S/C22H22ClN3O4/c23-16-9-7-14(8-10-16)21(28)25-11-3-4-15(12-25)22(29)26-13-19(20(24)27)30-18-6-2-1-5-17(18)26/h1-2,5-10,15,19H,3-4,11-13H2,(H2,24,27)/t15-,19-/m1/s1. The number of amides is 3. The van der Waals surface area contributed by atoms with Gasteiger partial charge in [-0.25, -0.2) is 0 Å². The number of benzene rings is 2. The van der Waals surface area contributed by atoms with Crippen molar-refractivity contribution in [3.05, 3.63) is 59.1 Å². The predicted molar refractivity (Wildman–Crippen MR) is 112 cm³/mol. The summed E-state index contributed by atoms with van der Waals surface area (Å²) in [6.07, 6.45) is 0.490. The van der Waals surface area contributed by atoms with Gasteiger partial charge in [0.25, 0.3) is 11.8 Å². The van der Waals surface area contributed by atoms with Crippen LogP contribution in [0.4, 0.5) is 5.69 Å². The molecule has 2 heterocycles. The minimum Gasteiger partial charge on any atom is -0.477 e. The third kappa shape index (κ3) is 3.98. The number of ether oxygens (including phenoxy) is 1. The second-order valence-corrected chi connectivity index (χ2v) is 7.96. The Labute approximate surface area is 179 Å². The van der Waals surface area contributed by atoms with E-state index in [1.165, 1.54) is 0 Å². The first kappa shape index (κ1) is 20.2. The monoisotopic (exact) mass is 427 g/mol. The first-order valence-electron chi connectivity index (χ1n) is 9.85. The van der Waals surface area contributed by atoms with Gasteiger partial charge in [-0.05, 0) is 49.2 Å². The predicted octanol–water partition coefficient (Wildman–Crippen LogP) is 2.47. The second kappa shape index (κ2) is 8.36. The summed E-state index contributed by atoms with van der Waals surface area (Å²) in [6, 6.07) is 13.8. The van der Waals surface area contributed by atoms with Gasteiger partial charge in [-0.2, -0.15) is 0 Å². The average molecular weight is 428 g/mol. The van der Waals surface area contributed by atoms with E-state index < -0.39 is 12.0 Å². The highest BCUT2D eigenvalue weighted by atomic mass is 35.5. The molecule has 3 amide bonds. The van der Waals surface area contributed by atoms with Gasteiger partial charge in [-0.1, -0.05) is 23.7 Å². The summed E-state index contributed by atoms with van der Waals surface area (Å²) in [6.45, 7) is 0.975. The maximum absolute atomic E-state index is 13.4. The zero-order valence-corrected chi connectivity index (χ0v) is 17.0. The van der Waals surface area contributed by atoms with Gasteiger partial charge >= 0.3 is 0 Å². The molecule has 0 unspecified atom stereocenters. The van der Waals surface area contributed by atoms with Crippen LogP contribution in [0.25, 0.3) is 0 Å². The number of anilines is 1. The third-order valence-electron chi connectivity index (χ3n) is 5.51. The van der Waals surface area contributed by atoms with E-state index in [0.29, 0.717) is 41.5 Å². The lowest BCUT2D eigenvalue weighted by atomic mass is 9.95. The lowest BCUT2D eigenvalue weighted by molar-refractivity contribution is -0.126. The van der Waals surface area contributed by atoms with E-state index in [1.807, 2.05) is 6.07 Å².